The van der Waals surface area contributed by atoms with Gasteiger partial charge in [-0.3, -0.25) is 4.79 Å². The second kappa shape index (κ2) is 9.56. The van der Waals surface area contributed by atoms with Crippen LogP contribution in [0.5, 0.6) is 0 Å². The SMILES string of the molecule is CCS(=O)(=O)c1ccc(CNC(=O)c2ccc3nc(C(F)(F)F)n(Cc4cccc5nonc45)c3c2)cc1. The number of nitrogens with zero attached hydrogens (tertiary/aromatic N) is 4. The molecule has 0 aliphatic rings. The van der Waals surface area contributed by atoms with Gasteiger partial charge in [0.2, 0.25) is 5.82 Å². The summed E-state index contributed by atoms with van der Waals surface area (Å²) in [7, 11) is -3.34. The molecule has 0 radical (unpaired) electrons. The number of imidazole rings is 1. The van der Waals surface area contributed by atoms with Crippen molar-refractivity contribution in [3.05, 3.63) is 83.2 Å². The van der Waals surface area contributed by atoms with Crippen molar-refractivity contribution in [2.45, 2.75) is 31.1 Å². The fourth-order valence-electron chi connectivity index (χ4n) is 4.07. The third-order valence-electron chi connectivity index (χ3n) is 6.08. The van der Waals surface area contributed by atoms with Crippen LogP contribution in [0, 0.1) is 0 Å². The van der Waals surface area contributed by atoms with Gasteiger partial charge in [0.25, 0.3) is 5.91 Å². The molecule has 0 fully saturated rings. The van der Waals surface area contributed by atoms with E-state index in [0.29, 0.717) is 22.2 Å². The van der Waals surface area contributed by atoms with Crippen LogP contribution >= 0.6 is 0 Å². The van der Waals surface area contributed by atoms with Crippen LogP contribution in [0.15, 0.2) is 70.2 Å². The van der Waals surface area contributed by atoms with E-state index in [1.807, 2.05) is 0 Å². The molecule has 2 aromatic heterocycles. The van der Waals surface area contributed by atoms with Crippen LogP contribution in [0.1, 0.15) is 34.2 Å². The zero-order valence-electron chi connectivity index (χ0n) is 19.9. The molecule has 3 aromatic carbocycles. The van der Waals surface area contributed by atoms with E-state index in [4.69, 9.17) is 4.63 Å². The molecule has 0 atom stereocenters. The van der Waals surface area contributed by atoms with E-state index in [2.05, 4.69) is 20.6 Å². The number of halogens is 3. The maximum Gasteiger partial charge on any atom is 0.449 e. The number of aromatic nitrogens is 4. The molecular weight excluding hydrogens is 523 g/mol. The Kier molecular flexibility index (Phi) is 6.39. The first-order valence-corrected chi connectivity index (χ1v) is 13.1. The number of hydrogen-bond donors (Lipinski definition) is 1. The molecule has 38 heavy (non-hydrogen) atoms. The van der Waals surface area contributed by atoms with Crippen molar-refractivity contribution in [2.75, 3.05) is 5.75 Å². The number of hydrogen-bond acceptors (Lipinski definition) is 7. The van der Waals surface area contributed by atoms with E-state index in [1.54, 1.807) is 37.3 Å². The number of carbonyl (C=O) groups is 1. The van der Waals surface area contributed by atoms with E-state index >= 15 is 0 Å². The molecule has 0 bridgehead atoms. The summed E-state index contributed by atoms with van der Waals surface area (Å²) in [5, 5.41) is 10.2. The van der Waals surface area contributed by atoms with Crippen molar-refractivity contribution in [2.24, 2.45) is 0 Å². The fourth-order valence-corrected chi connectivity index (χ4v) is 4.95. The van der Waals surface area contributed by atoms with Gasteiger partial charge >= 0.3 is 6.18 Å². The molecule has 0 unspecified atom stereocenters. The van der Waals surface area contributed by atoms with Gasteiger partial charge in [-0.25, -0.2) is 18.0 Å². The van der Waals surface area contributed by atoms with Crippen LogP contribution in [0.3, 0.4) is 0 Å². The summed E-state index contributed by atoms with van der Waals surface area (Å²) in [5.41, 5.74) is 2.17. The molecule has 9 nitrogen and oxygen atoms in total. The van der Waals surface area contributed by atoms with Gasteiger partial charge in [0.05, 0.1) is 28.2 Å². The minimum Gasteiger partial charge on any atom is -0.348 e. The van der Waals surface area contributed by atoms with Gasteiger partial charge in [0.1, 0.15) is 11.0 Å². The molecule has 5 rings (SSSR count). The van der Waals surface area contributed by atoms with Gasteiger partial charge in [-0.2, -0.15) is 13.2 Å². The Hall–Kier alpha value is -4.26. The monoisotopic (exact) mass is 543 g/mol. The summed E-state index contributed by atoms with van der Waals surface area (Å²) in [6.45, 7) is 1.42. The minimum atomic E-state index is -4.74. The Morgan fingerprint density at radius 2 is 1.79 bits per heavy atom. The van der Waals surface area contributed by atoms with Crippen molar-refractivity contribution in [3.63, 3.8) is 0 Å². The average Bonchev–Trinajstić information content (AvgIpc) is 3.53. The summed E-state index contributed by atoms with van der Waals surface area (Å²) in [6, 6.07) is 15.1. The van der Waals surface area contributed by atoms with Gasteiger partial charge in [0.15, 0.2) is 9.84 Å². The summed E-state index contributed by atoms with van der Waals surface area (Å²) < 4.78 is 71.3. The molecule has 1 N–H and O–H groups in total. The number of fused-ring (bicyclic) bond motifs is 2. The molecule has 2 heterocycles. The minimum absolute atomic E-state index is 0.0250. The highest BCUT2D eigenvalue weighted by Crippen LogP contribution is 2.33. The maximum atomic E-state index is 13.9. The molecule has 0 saturated carbocycles. The average molecular weight is 544 g/mol. The largest absolute Gasteiger partial charge is 0.449 e. The Morgan fingerprint density at radius 1 is 1.03 bits per heavy atom. The summed E-state index contributed by atoms with van der Waals surface area (Å²) in [4.78, 5) is 16.8. The lowest BCUT2D eigenvalue weighted by atomic mass is 10.1. The second-order valence-electron chi connectivity index (χ2n) is 8.50. The summed E-state index contributed by atoms with van der Waals surface area (Å²) >= 11 is 0. The maximum absolute atomic E-state index is 13.9. The topological polar surface area (TPSA) is 120 Å². The Morgan fingerprint density at radius 3 is 2.50 bits per heavy atom. The van der Waals surface area contributed by atoms with Gasteiger partial charge in [-0.1, -0.05) is 31.2 Å². The zero-order valence-corrected chi connectivity index (χ0v) is 20.7. The molecule has 1 amide bonds. The lowest BCUT2D eigenvalue weighted by Gasteiger charge is -2.12. The zero-order chi connectivity index (χ0) is 27.1. The summed E-state index contributed by atoms with van der Waals surface area (Å²) in [6.07, 6.45) is -4.74. The number of alkyl halides is 3. The Labute approximate surface area is 214 Å². The highest BCUT2D eigenvalue weighted by atomic mass is 32.2. The Bertz CT molecular complexity index is 1760. The van der Waals surface area contributed by atoms with Gasteiger partial charge in [0, 0.05) is 17.7 Å². The second-order valence-corrected chi connectivity index (χ2v) is 10.8. The Balaban J connectivity index is 1.44. The van der Waals surface area contributed by atoms with Crippen molar-refractivity contribution >= 4 is 37.8 Å². The number of benzene rings is 3. The molecule has 196 valence electrons. The summed E-state index contributed by atoms with van der Waals surface area (Å²) in [5.74, 6) is -1.65. The van der Waals surface area contributed by atoms with Crippen LogP contribution in [-0.2, 0) is 29.1 Å². The molecule has 5 aromatic rings. The van der Waals surface area contributed by atoms with Crippen molar-refractivity contribution in [1.29, 1.82) is 0 Å². The van der Waals surface area contributed by atoms with Crippen LogP contribution in [0.2, 0.25) is 0 Å². The van der Waals surface area contributed by atoms with Crippen LogP contribution in [0.4, 0.5) is 13.2 Å². The van der Waals surface area contributed by atoms with E-state index in [0.717, 1.165) is 4.57 Å². The van der Waals surface area contributed by atoms with Crippen molar-refractivity contribution in [1.82, 2.24) is 25.2 Å². The van der Waals surface area contributed by atoms with E-state index in [9.17, 15) is 26.4 Å². The fraction of sp³-hybridized carbons (Fsp3) is 0.200. The first-order chi connectivity index (χ1) is 18.1. The molecule has 13 heteroatoms. The first kappa shape index (κ1) is 25.4. The van der Waals surface area contributed by atoms with Crippen molar-refractivity contribution in [3.8, 4) is 0 Å². The van der Waals surface area contributed by atoms with Gasteiger partial charge < -0.3 is 9.88 Å². The quantitative estimate of drug-likeness (QED) is 0.324. The number of nitrogens with one attached hydrogen (secondary N) is 1. The normalized spacial score (nSPS) is 12.3. The molecule has 0 saturated heterocycles. The number of amides is 1. The standard InChI is InChI=1S/C25H20F3N5O4S/c1-2-38(35,36)18-9-6-15(7-10-18)13-29-23(34)16-8-11-19-21(12-16)33(24(30-19)25(26,27)28)14-17-4-3-5-20-22(17)32-37-31-20/h3-12H,2,13-14H2,1H3,(H,29,34). The third-order valence-corrected chi connectivity index (χ3v) is 7.83. The number of sulfone groups is 1. The van der Waals surface area contributed by atoms with Gasteiger partial charge in [-0.15, -0.1) is 0 Å². The smallest absolute Gasteiger partial charge is 0.348 e. The third kappa shape index (κ3) is 4.84. The van der Waals surface area contributed by atoms with E-state index in [-0.39, 0.29) is 40.3 Å². The van der Waals surface area contributed by atoms with E-state index in [1.165, 1.54) is 30.3 Å². The molecule has 0 aliphatic carbocycles. The highest BCUT2D eigenvalue weighted by molar-refractivity contribution is 7.91. The van der Waals surface area contributed by atoms with Gasteiger partial charge in [-0.05, 0) is 52.3 Å². The van der Waals surface area contributed by atoms with Crippen LogP contribution in [0.25, 0.3) is 22.1 Å². The van der Waals surface area contributed by atoms with Crippen molar-refractivity contribution < 1.29 is 31.0 Å². The first-order valence-electron chi connectivity index (χ1n) is 11.4. The molecular formula is C25H20F3N5O4S. The van der Waals surface area contributed by atoms with Crippen LogP contribution < -0.4 is 5.32 Å². The molecule has 0 spiro atoms. The predicted molar refractivity (Wildman–Crippen MR) is 131 cm³/mol. The van der Waals surface area contributed by atoms with E-state index < -0.39 is 27.7 Å². The lowest BCUT2D eigenvalue weighted by molar-refractivity contribution is -0.146. The van der Waals surface area contributed by atoms with Crippen LogP contribution in [-0.4, -0.2) is 39.9 Å². The predicted octanol–water partition coefficient (Wildman–Crippen LogP) is 4.36. The highest BCUT2D eigenvalue weighted by Gasteiger charge is 2.38. The molecule has 0 aliphatic heterocycles. The lowest BCUT2D eigenvalue weighted by Crippen LogP contribution is -2.23. The number of rotatable bonds is 7. The number of carbonyl (C=O) groups excluding carboxylic acids is 1.